The molecular weight excluding hydrogens is 72.1 g/mol. The van der Waals surface area contributed by atoms with Gasteiger partial charge in [0.1, 0.15) is 0 Å². The van der Waals surface area contributed by atoms with Gasteiger partial charge in [-0.15, -0.1) is 0 Å². The summed E-state index contributed by atoms with van der Waals surface area (Å²) in [5.74, 6) is 2.33. The van der Waals surface area contributed by atoms with Gasteiger partial charge >= 0.3 is 0 Å². The van der Waals surface area contributed by atoms with Crippen molar-refractivity contribution in [1.82, 2.24) is 0 Å². The normalized spacial score (nSPS) is 57.0. The molecule has 2 rings (SSSR count). The van der Waals surface area contributed by atoms with Crippen LogP contribution in [0.15, 0.2) is 0 Å². The van der Waals surface area contributed by atoms with Gasteiger partial charge in [0, 0.05) is 0 Å². The third-order valence-electron chi connectivity index (χ3n) is 2.59. The van der Waals surface area contributed by atoms with Gasteiger partial charge in [0.25, 0.3) is 0 Å². The highest BCUT2D eigenvalue weighted by atomic mass is 14.7. The molecule has 2 fully saturated rings. The largest absolute Gasteiger partial charge is 0.0594 e. The topological polar surface area (TPSA) is 0 Å². The quantitative estimate of drug-likeness (QED) is 0.417. The molecule has 0 aromatic heterocycles. The molecular formula is C6H10. The van der Waals surface area contributed by atoms with Crippen molar-refractivity contribution >= 4 is 0 Å². The average Bonchev–Trinajstić information content (AvgIpc) is 2.13. The van der Waals surface area contributed by atoms with E-state index in [9.17, 15) is 0 Å². The van der Waals surface area contributed by atoms with E-state index in [1.54, 1.807) is 6.42 Å². The maximum Gasteiger partial charge on any atom is -0.0292 e. The lowest BCUT2D eigenvalue weighted by Crippen LogP contribution is -1.95. The van der Waals surface area contributed by atoms with E-state index in [0.29, 0.717) is 0 Å². The number of fused-ring (bicyclic) bond motifs is 1. The van der Waals surface area contributed by atoms with Gasteiger partial charge in [-0.25, -0.2) is 0 Å². The van der Waals surface area contributed by atoms with Crippen molar-refractivity contribution < 1.29 is 0 Å². The zero-order valence-electron chi connectivity index (χ0n) is 4.36. The highest BCUT2D eigenvalue weighted by molar-refractivity contribution is 5.18. The first kappa shape index (κ1) is 3.06. The van der Waals surface area contributed by atoms with Crippen LogP contribution in [0.2, 0.25) is 0 Å². The zero-order chi connectivity index (χ0) is 4.36. The lowest BCUT2D eigenvalue weighted by molar-refractivity contribution is 0.457. The Bertz CT molecular complexity index is 82.2. The molecule has 0 aromatic rings. The van der Waals surface area contributed by atoms with Gasteiger partial charge in [0.15, 0.2) is 0 Å². The van der Waals surface area contributed by atoms with Crippen LogP contribution in [0.1, 0.15) is 20.3 Å². The molecule has 6 heavy (non-hydrogen) atoms. The first-order chi connectivity index (χ1) is 2.73. The molecule has 2 aliphatic rings. The Balaban J connectivity index is 2.21. The summed E-state index contributed by atoms with van der Waals surface area (Å²) in [4.78, 5) is 0. The van der Waals surface area contributed by atoms with Gasteiger partial charge in [0.05, 0.1) is 0 Å². The third kappa shape index (κ3) is 0.141. The Hall–Kier alpha value is 0. The molecule has 0 spiro atoms. The summed E-state index contributed by atoms with van der Waals surface area (Å²) < 4.78 is 0. The molecule has 0 saturated heterocycles. The van der Waals surface area contributed by atoms with Crippen molar-refractivity contribution in [3.8, 4) is 0 Å². The van der Waals surface area contributed by atoms with Crippen LogP contribution in [0.4, 0.5) is 0 Å². The molecule has 0 aliphatic heterocycles. The van der Waals surface area contributed by atoms with Crippen molar-refractivity contribution in [2.75, 3.05) is 0 Å². The number of rotatable bonds is 0. The maximum atomic E-state index is 2.37. The van der Waals surface area contributed by atoms with Gasteiger partial charge < -0.3 is 0 Å². The average molecular weight is 82.1 g/mol. The predicted octanol–water partition coefficient (Wildman–Crippen LogP) is 1.66. The highest BCUT2D eigenvalue weighted by Gasteiger charge is 2.70. The molecule has 0 nitrogen and oxygen atoms in total. The van der Waals surface area contributed by atoms with E-state index in [-0.39, 0.29) is 0 Å². The molecule has 0 N–H and O–H groups in total. The Morgan fingerprint density at radius 3 is 1.67 bits per heavy atom. The van der Waals surface area contributed by atoms with E-state index in [1.807, 2.05) is 0 Å². The van der Waals surface area contributed by atoms with E-state index < -0.39 is 0 Å². The minimum atomic E-state index is 0.806. The Kier molecular flexibility index (Phi) is 0.242. The zero-order valence-corrected chi connectivity index (χ0v) is 4.36. The van der Waals surface area contributed by atoms with E-state index in [0.717, 1.165) is 17.3 Å². The minimum Gasteiger partial charge on any atom is -0.0594 e. The second-order valence-electron chi connectivity index (χ2n) is 3.27. The minimum absolute atomic E-state index is 0.806. The van der Waals surface area contributed by atoms with Crippen LogP contribution in [0, 0.1) is 17.3 Å². The van der Waals surface area contributed by atoms with Gasteiger partial charge in [-0.05, 0) is 23.7 Å². The maximum absolute atomic E-state index is 2.37. The Morgan fingerprint density at radius 2 is 1.67 bits per heavy atom. The summed E-state index contributed by atoms with van der Waals surface area (Å²) in [6, 6.07) is 0. The van der Waals surface area contributed by atoms with Crippen molar-refractivity contribution in [3.63, 3.8) is 0 Å². The van der Waals surface area contributed by atoms with Crippen LogP contribution in [-0.2, 0) is 0 Å². The third-order valence-corrected chi connectivity index (χ3v) is 2.59. The van der Waals surface area contributed by atoms with E-state index in [1.165, 1.54) is 0 Å². The number of hydrogen-bond donors (Lipinski definition) is 0. The van der Waals surface area contributed by atoms with E-state index >= 15 is 0 Å². The molecule has 0 heterocycles. The molecule has 2 atom stereocenters. The van der Waals surface area contributed by atoms with Crippen molar-refractivity contribution in [2.45, 2.75) is 20.3 Å². The van der Waals surface area contributed by atoms with Crippen LogP contribution in [0.25, 0.3) is 0 Å². The van der Waals surface area contributed by atoms with E-state index in [4.69, 9.17) is 0 Å². The van der Waals surface area contributed by atoms with Crippen LogP contribution in [-0.4, -0.2) is 0 Å². The lowest BCUT2D eigenvalue weighted by Gasteiger charge is -2.04. The predicted molar refractivity (Wildman–Crippen MR) is 25.4 cm³/mol. The SMILES string of the molecule is CC1(C)C2CC21. The summed E-state index contributed by atoms with van der Waals surface area (Å²) in [5, 5.41) is 0. The lowest BCUT2D eigenvalue weighted by atomic mass is 10.0. The summed E-state index contributed by atoms with van der Waals surface area (Å²) in [7, 11) is 0. The van der Waals surface area contributed by atoms with Crippen molar-refractivity contribution in [3.05, 3.63) is 0 Å². The monoisotopic (exact) mass is 82.1 g/mol. The van der Waals surface area contributed by atoms with Gasteiger partial charge in [0.2, 0.25) is 0 Å². The Labute approximate surface area is 38.6 Å². The molecule has 0 radical (unpaired) electrons. The van der Waals surface area contributed by atoms with Gasteiger partial charge in [-0.1, -0.05) is 13.8 Å². The summed E-state index contributed by atoms with van der Waals surface area (Å²) in [5.41, 5.74) is 0.806. The molecule has 0 aromatic carbocycles. The molecule has 0 bridgehead atoms. The van der Waals surface area contributed by atoms with E-state index in [2.05, 4.69) is 13.8 Å². The molecule has 2 aliphatic carbocycles. The summed E-state index contributed by atoms with van der Waals surface area (Å²) in [6.07, 6.45) is 1.55. The second-order valence-corrected chi connectivity index (χ2v) is 3.27. The van der Waals surface area contributed by atoms with Gasteiger partial charge in [-0.3, -0.25) is 0 Å². The smallest absolute Gasteiger partial charge is 0.0292 e. The van der Waals surface area contributed by atoms with Crippen LogP contribution < -0.4 is 0 Å². The Morgan fingerprint density at radius 1 is 1.33 bits per heavy atom. The van der Waals surface area contributed by atoms with Crippen molar-refractivity contribution in [1.29, 1.82) is 0 Å². The first-order valence-electron chi connectivity index (χ1n) is 2.73. The molecule has 0 heteroatoms. The standard InChI is InChI=1S/C6H10/c1-6(2)4-3-5(4)6/h4-5H,3H2,1-2H3. The summed E-state index contributed by atoms with van der Waals surface area (Å²) in [6.45, 7) is 4.73. The van der Waals surface area contributed by atoms with Gasteiger partial charge in [-0.2, -0.15) is 0 Å². The highest BCUT2D eigenvalue weighted by Crippen LogP contribution is 2.77. The van der Waals surface area contributed by atoms with Crippen molar-refractivity contribution in [2.24, 2.45) is 17.3 Å². The number of hydrogen-bond acceptors (Lipinski definition) is 0. The molecule has 34 valence electrons. The first-order valence-corrected chi connectivity index (χ1v) is 2.73. The fourth-order valence-corrected chi connectivity index (χ4v) is 1.50. The fourth-order valence-electron chi connectivity index (χ4n) is 1.50. The van der Waals surface area contributed by atoms with Crippen LogP contribution >= 0.6 is 0 Å². The fraction of sp³-hybridized carbons (Fsp3) is 1.00. The summed E-state index contributed by atoms with van der Waals surface area (Å²) >= 11 is 0. The van der Waals surface area contributed by atoms with Crippen LogP contribution in [0.5, 0.6) is 0 Å². The molecule has 2 saturated carbocycles. The molecule has 0 amide bonds. The van der Waals surface area contributed by atoms with Crippen LogP contribution in [0.3, 0.4) is 0 Å². The second kappa shape index (κ2) is 0.473. The molecule has 2 unspecified atom stereocenters.